The fourth-order valence-electron chi connectivity index (χ4n) is 3.77. The molecule has 1 aromatic heterocycles. The van der Waals surface area contributed by atoms with Crippen LogP contribution in [-0.4, -0.2) is 56.0 Å². The van der Waals surface area contributed by atoms with Crippen molar-refractivity contribution in [3.8, 4) is 0 Å². The number of aliphatic carboxylic acids is 1. The molecule has 1 fully saturated rings. The van der Waals surface area contributed by atoms with Crippen LogP contribution in [0.1, 0.15) is 49.0 Å². The highest BCUT2D eigenvalue weighted by atomic mass is 35.5. The Morgan fingerprint density at radius 2 is 2.10 bits per heavy atom. The van der Waals surface area contributed by atoms with Gasteiger partial charge in [-0.25, -0.2) is 9.78 Å². The van der Waals surface area contributed by atoms with Gasteiger partial charge in [-0.3, -0.25) is 9.59 Å². The Morgan fingerprint density at radius 1 is 1.32 bits per heavy atom. The lowest BCUT2D eigenvalue weighted by molar-refractivity contribution is -0.143. The molecule has 8 nitrogen and oxygen atoms in total. The van der Waals surface area contributed by atoms with Crippen molar-refractivity contribution in [2.75, 3.05) is 6.54 Å². The van der Waals surface area contributed by atoms with Gasteiger partial charge in [0, 0.05) is 31.0 Å². The summed E-state index contributed by atoms with van der Waals surface area (Å²) >= 11 is 0. The van der Waals surface area contributed by atoms with Gasteiger partial charge in [0.25, 0.3) is 5.91 Å². The number of hydrogen-bond donors (Lipinski definition) is 2. The second-order valence-corrected chi connectivity index (χ2v) is 7.80. The molecule has 1 aromatic carbocycles. The van der Waals surface area contributed by atoms with Crippen LogP contribution in [0.4, 0.5) is 0 Å². The van der Waals surface area contributed by atoms with Crippen LogP contribution in [0.2, 0.25) is 0 Å². The van der Waals surface area contributed by atoms with E-state index in [4.69, 9.17) is 0 Å². The predicted octanol–water partition coefficient (Wildman–Crippen LogP) is 2.57. The van der Waals surface area contributed by atoms with Crippen molar-refractivity contribution >= 4 is 30.2 Å². The average Bonchev–Trinajstić information content (AvgIpc) is 3.42. The van der Waals surface area contributed by atoms with Crippen LogP contribution in [0, 0.1) is 5.92 Å². The first-order valence-corrected chi connectivity index (χ1v) is 10.3. The molecule has 31 heavy (non-hydrogen) atoms. The molecule has 1 aliphatic heterocycles. The highest BCUT2D eigenvalue weighted by Gasteiger charge is 2.37. The van der Waals surface area contributed by atoms with Gasteiger partial charge in [0.2, 0.25) is 5.91 Å². The second-order valence-electron chi connectivity index (χ2n) is 7.80. The minimum Gasteiger partial charge on any atom is -0.480 e. The number of benzene rings is 1. The van der Waals surface area contributed by atoms with E-state index in [0.717, 1.165) is 5.56 Å². The maximum absolute atomic E-state index is 13.1. The van der Waals surface area contributed by atoms with E-state index in [9.17, 15) is 19.5 Å². The lowest BCUT2D eigenvalue weighted by Gasteiger charge is -2.27. The van der Waals surface area contributed by atoms with Gasteiger partial charge in [-0.1, -0.05) is 32.4 Å². The summed E-state index contributed by atoms with van der Waals surface area (Å²) in [6.45, 7) is 4.75. The number of imidazole rings is 1. The Kier molecular flexibility index (Phi) is 8.62. The SMILES string of the molecule is CC[C@H](C)[C@H](NC(=O)[C@@H]1CCCN1C(=O)c1cccc(Cn2ccnc2)c1)C(=O)O.Cl. The summed E-state index contributed by atoms with van der Waals surface area (Å²) in [5.74, 6) is -1.86. The van der Waals surface area contributed by atoms with E-state index in [1.54, 1.807) is 30.4 Å². The van der Waals surface area contributed by atoms with Gasteiger partial charge in [0.05, 0.1) is 6.33 Å². The van der Waals surface area contributed by atoms with Crippen molar-refractivity contribution in [2.45, 2.75) is 51.7 Å². The summed E-state index contributed by atoms with van der Waals surface area (Å²) in [5, 5.41) is 12.1. The molecular weight excluding hydrogens is 420 g/mol. The molecule has 3 rings (SSSR count). The summed E-state index contributed by atoms with van der Waals surface area (Å²) in [4.78, 5) is 43.1. The molecule has 1 saturated heterocycles. The summed E-state index contributed by atoms with van der Waals surface area (Å²) in [6, 6.07) is 5.73. The summed E-state index contributed by atoms with van der Waals surface area (Å²) in [6.07, 6.45) is 7.14. The third-order valence-electron chi connectivity index (χ3n) is 5.69. The van der Waals surface area contributed by atoms with Crippen LogP contribution in [-0.2, 0) is 16.1 Å². The molecule has 168 valence electrons. The van der Waals surface area contributed by atoms with E-state index >= 15 is 0 Å². The number of amides is 2. The first-order valence-electron chi connectivity index (χ1n) is 10.3. The number of likely N-dealkylation sites (tertiary alicyclic amines) is 1. The molecular formula is C22H29ClN4O4. The van der Waals surface area contributed by atoms with Crippen molar-refractivity contribution in [3.63, 3.8) is 0 Å². The van der Waals surface area contributed by atoms with Gasteiger partial charge < -0.3 is 19.9 Å². The van der Waals surface area contributed by atoms with E-state index in [-0.39, 0.29) is 24.2 Å². The Morgan fingerprint density at radius 3 is 2.74 bits per heavy atom. The zero-order valence-corrected chi connectivity index (χ0v) is 18.5. The number of carbonyl (C=O) groups excluding carboxylic acids is 2. The summed E-state index contributed by atoms with van der Waals surface area (Å²) in [7, 11) is 0. The lowest BCUT2D eigenvalue weighted by atomic mass is 9.98. The number of carboxylic acids is 1. The molecule has 0 saturated carbocycles. The number of hydrogen-bond acceptors (Lipinski definition) is 4. The average molecular weight is 449 g/mol. The first-order chi connectivity index (χ1) is 14.4. The van der Waals surface area contributed by atoms with E-state index < -0.39 is 24.0 Å². The van der Waals surface area contributed by atoms with E-state index in [0.29, 0.717) is 37.9 Å². The molecule has 0 unspecified atom stereocenters. The molecule has 3 atom stereocenters. The molecule has 0 spiro atoms. The Hall–Kier alpha value is -2.87. The van der Waals surface area contributed by atoms with Crippen LogP contribution in [0.5, 0.6) is 0 Å². The monoisotopic (exact) mass is 448 g/mol. The fourth-order valence-corrected chi connectivity index (χ4v) is 3.77. The first kappa shape index (κ1) is 24.4. The van der Waals surface area contributed by atoms with Crippen molar-refractivity contribution < 1.29 is 19.5 Å². The summed E-state index contributed by atoms with van der Waals surface area (Å²) < 4.78 is 1.91. The second kappa shape index (κ2) is 10.9. The maximum Gasteiger partial charge on any atom is 0.326 e. The highest BCUT2D eigenvalue weighted by molar-refractivity contribution is 5.98. The quantitative estimate of drug-likeness (QED) is 0.645. The van der Waals surface area contributed by atoms with Crippen LogP contribution in [0.25, 0.3) is 0 Å². The van der Waals surface area contributed by atoms with Gasteiger partial charge in [-0.05, 0) is 36.5 Å². The van der Waals surface area contributed by atoms with Crippen molar-refractivity contribution in [1.29, 1.82) is 0 Å². The highest BCUT2D eigenvalue weighted by Crippen LogP contribution is 2.22. The van der Waals surface area contributed by atoms with Crippen LogP contribution in [0.3, 0.4) is 0 Å². The third kappa shape index (κ3) is 5.85. The minimum absolute atomic E-state index is 0. The molecule has 9 heteroatoms. The number of nitrogens with zero attached hydrogens (tertiary/aromatic N) is 3. The largest absolute Gasteiger partial charge is 0.480 e. The van der Waals surface area contributed by atoms with E-state index in [1.165, 1.54) is 0 Å². The van der Waals surface area contributed by atoms with Crippen LogP contribution in [0.15, 0.2) is 43.0 Å². The van der Waals surface area contributed by atoms with Crippen molar-refractivity contribution in [2.24, 2.45) is 5.92 Å². The smallest absolute Gasteiger partial charge is 0.326 e. The van der Waals surface area contributed by atoms with Gasteiger partial charge in [0.1, 0.15) is 12.1 Å². The molecule has 0 bridgehead atoms. The number of carbonyl (C=O) groups is 3. The molecule has 2 N–H and O–H groups in total. The molecule has 2 amide bonds. The predicted molar refractivity (Wildman–Crippen MR) is 118 cm³/mol. The number of rotatable bonds is 8. The molecule has 0 aliphatic carbocycles. The van der Waals surface area contributed by atoms with Crippen LogP contribution < -0.4 is 5.32 Å². The zero-order valence-electron chi connectivity index (χ0n) is 17.7. The molecule has 2 heterocycles. The normalized spacial score (nSPS) is 17.5. The molecule has 1 aliphatic rings. The number of carboxylic acid groups (broad SMARTS) is 1. The Bertz CT molecular complexity index is 903. The topological polar surface area (TPSA) is 105 Å². The molecule has 0 radical (unpaired) electrons. The standard InChI is InChI=1S/C22H28N4O4.ClH/c1-3-15(2)19(22(29)30)24-20(27)18-8-5-10-26(18)21(28)17-7-4-6-16(12-17)13-25-11-9-23-14-25;/h4,6-7,9,11-12,14-15,18-19H,3,5,8,10,13H2,1-2H3,(H,24,27)(H,29,30);1H/t15-,18-,19-;/m0./s1. The third-order valence-corrected chi connectivity index (χ3v) is 5.69. The Labute approximate surface area is 188 Å². The van der Waals surface area contributed by atoms with Gasteiger partial charge in [0.15, 0.2) is 0 Å². The van der Waals surface area contributed by atoms with Gasteiger partial charge in [-0.15, -0.1) is 12.4 Å². The minimum atomic E-state index is -1.05. The van der Waals surface area contributed by atoms with E-state index in [1.807, 2.05) is 35.9 Å². The van der Waals surface area contributed by atoms with Gasteiger partial charge in [-0.2, -0.15) is 0 Å². The van der Waals surface area contributed by atoms with E-state index in [2.05, 4.69) is 10.3 Å². The van der Waals surface area contributed by atoms with Crippen LogP contribution >= 0.6 is 12.4 Å². The molecule has 2 aromatic rings. The van der Waals surface area contributed by atoms with Crippen molar-refractivity contribution in [3.05, 3.63) is 54.1 Å². The fraction of sp³-hybridized carbons (Fsp3) is 0.455. The van der Waals surface area contributed by atoms with Crippen molar-refractivity contribution in [1.82, 2.24) is 19.8 Å². The number of halogens is 1. The lowest BCUT2D eigenvalue weighted by Crippen LogP contribution is -2.52. The zero-order chi connectivity index (χ0) is 21.7. The Balaban J connectivity index is 0.00000341. The number of nitrogens with one attached hydrogen (secondary N) is 1. The van der Waals surface area contributed by atoms with Gasteiger partial charge >= 0.3 is 5.97 Å². The maximum atomic E-state index is 13.1. The number of aromatic nitrogens is 2. The summed E-state index contributed by atoms with van der Waals surface area (Å²) in [5.41, 5.74) is 1.48.